The topological polar surface area (TPSA) is 83.8 Å². The predicted molar refractivity (Wildman–Crippen MR) is 84.8 cm³/mol. The second-order valence-electron chi connectivity index (χ2n) is 4.75. The summed E-state index contributed by atoms with van der Waals surface area (Å²) >= 11 is 6.77. The maximum atomic E-state index is 12.2. The largest absolute Gasteiger partial charge is 0.395 e. The van der Waals surface area contributed by atoms with Crippen molar-refractivity contribution in [3.63, 3.8) is 0 Å². The average Bonchev–Trinajstić information content (AvgIpc) is 3.16. The minimum Gasteiger partial charge on any atom is -0.395 e. The fraction of sp³-hybridized carbons (Fsp3) is 0.231. The maximum absolute atomic E-state index is 12.2. The lowest BCUT2D eigenvalue weighted by Gasteiger charge is -2.06. The van der Waals surface area contributed by atoms with Crippen LogP contribution in [-0.2, 0) is 0 Å². The summed E-state index contributed by atoms with van der Waals surface area (Å²) in [4.78, 5) is 12.2. The summed E-state index contributed by atoms with van der Waals surface area (Å²) in [6, 6.07) is 5.51. The third kappa shape index (κ3) is 2.60. The Bertz CT molecular complexity index is 679. The number of amides is 1. The zero-order valence-electron chi connectivity index (χ0n) is 10.4. The summed E-state index contributed by atoms with van der Waals surface area (Å²) in [5.74, 6) is 0.122. The average molecular weight is 400 g/mol. The van der Waals surface area contributed by atoms with Crippen LogP contribution in [-0.4, -0.2) is 16.1 Å². The normalized spacial score (nSPS) is 14.3. The van der Waals surface area contributed by atoms with Gasteiger partial charge in [-0.15, -0.1) is 0 Å². The molecule has 1 fully saturated rings. The summed E-state index contributed by atoms with van der Waals surface area (Å²) in [7, 11) is 0. The molecule has 2 aromatic rings. The number of carbonyl (C=O) groups excluding carboxylic acids is 1. The van der Waals surface area contributed by atoms with E-state index in [9.17, 15) is 4.79 Å². The van der Waals surface area contributed by atoms with Gasteiger partial charge in [-0.05, 0) is 47.0 Å². The highest BCUT2D eigenvalue weighted by atomic mass is 79.9. The minimum absolute atomic E-state index is 0.252. The summed E-state index contributed by atoms with van der Waals surface area (Å²) in [5, 5.41) is 9.70. The molecule has 0 unspecified atom stereocenters. The summed E-state index contributed by atoms with van der Waals surface area (Å²) in [6.07, 6.45) is 2.21. The fourth-order valence-electron chi connectivity index (χ4n) is 1.99. The lowest BCUT2D eigenvalue weighted by molar-refractivity contribution is 0.102. The number of nitrogens with one attached hydrogen (secondary N) is 2. The third-order valence-electron chi connectivity index (χ3n) is 3.21. The van der Waals surface area contributed by atoms with E-state index >= 15 is 0 Å². The first-order valence-corrected chi connectivity index (χ1v) is 7.75. The Hall–Kier alpha value is -1.34. The van der Waals surface area contributed by atoms with E-state index in [0.717, 1.165) is 27.5 Å². The smallest absolute Gasteiger partial charge is 0.278 e. The van der Waals surface area contributed by atoms with Crippen LogP contribution in [0.2, 0.25) is 0 Å². The zero-order chi connectivity index (χ0) is 14.3. The molecule has 0 radical (unpaired) electrons. The van der Waals surface area contributed by atoms with Crippen molar-refractivity contribution >= 4 is 49.1 Å². The van der Waals surface area contributed by atoms with Gasteiger partial charge in [0, 0.05) is 14.9 Å². The van der Waals surface area contributed by atoms with Gasteiger partial charge in [-0.1, -0.05) is 15.9 Å². The number of nitrogens with two attached hydrogens (primary N) is 1. The van der Waals surface area contributed by atoms with E-state index in [1.807, 2.05) is 12.1 Å². The molecule has 1 aliphatic rings. The van der Waals surface area contributed by atoms with Gasteiger partial charge in [0.2, 0.25) is 0 Å². The van der Waals surface area contributed by atoms with Gasteiger partial charge in [-0.3, -0.25) is 9.89 Å². The molecule has 1 heterocycles. The van der Waals surface area contributed by atoms with Gasteiger partial charge in [0.05, 0.1) is 17.1 Å². The number of benzene rings is 1. The van der Waals surface area contributed by atoms with Gasteiger partial charge in [-0.2, -0.15) is 5.10 Å². The highest BCUT2D eigenvalue weighted by Gasteiger charge is 2.30. The van der Waals surface area contributed by atoms with E-state index in [1.165, 1.54) is 0 Å². The molecular weight excluding hydrogens is 388 g/mol. The van der Waals surface area contributed by atoms with Crippen molar-refractivity contribution in [3.8, 4) is 0 Å². The Morgan fingerprint density at radius 1 is 1.40 bits per heavy atom. The Morgan fingerprint density at radius 3 is 2.80 bits per heavy atom. The molecule has 4 N–H and O–H groups in total. The Morgan fingerprint density at radius 2 is 2.15 bits per heavy atom. The van der Waals surface area contributed by atoms with E-state index < -0.39 is 0 Å². The molecule has 1 saturated carbocycles. The zero-order valence-corrected chi connectivity index (χ0v) is 13.6. The molecule has 20 heavy (non-hydrogen) atoms. The number of nitrogens with zero attached hydrogens (tertiary/aromatic N) is 1. The van der Waals surface area contributed by atoms with Gasteiger partial charge < -0.3 is 11.1 Å². The molecule has 0 saturated heterocycles. The monoisotopic (exact) mass is 398 g/mol. The second-order valence-corrected chi connectivity index (χ2v) is 6.52. The van der Waals surface area contributed by atoms with Crippen LogP contribution in [0, 0.1) is 0 Å². The summed E-state index contributed by atoms with van der Waals surface area (Å²) < 4.78 is 1.72. The Kier molecular flexibility index (Phi) is 3.55. The first-order valence-electron chi connectivity index (χ1n) is 6.16. The van der Waals surface area contributed by atoms with Crippen LogP contribution in [0.1, 0.15) is 34.9 Å². The van der Waals surface area contributed by atoms with Crippen LogP contribution in [0.5, 0.6) is 0 Å². The predicted octanol–water partition coefficient (Wildman–Crippen LogP) is 3.65. The molecule has 0 spiro atoms. The van der Waals surface area contributed by atoms with Crippen molar-refractivity contribution in [1.82, 2.24) is 10.2 Å². The maximum Gasteiger partial charge on any atom is 0.278 e. The van der Waals surface area contributed by atoms with Gasteiger partial charge in [0.1, 0.15) is 0 Å². The van der Waals surface area contributed by atoms with Crippen LogP contribution in [0.4, 0.5) is 11.4 Å². The molecule has 0 bridgehead atoms. The number of aromatic amines is 1. The van der Waals surface area contributed by atoms with Crippen molar-refractivity contribution in [1.29, 1.82) is 0 Å². The first kappa shape index (κ1) is 13.6. The number of aromatic nitrogens is 2. The summed E-state index contributed by atoms with van der Waals surface area (Å²) in [6.45, 7) is 0. The van der Waals surface area contributed by atoms with Gasteiger partial charge in [0.25, 0.3) is 5.91 Å². The van der Waals surface area contributed by atoms with E-state index in [1.54, 1.807) is 6.07 Å². The van der Waals surface area contributed by atoms with Crippen molar-refractivity contribution in [2.24, 2.45) is 0 Å². The van der Waals surface area contributed by atoms with E-state index in [2.05, 4.69) is 47.4 Å². The molecule has 1 aromatic heterocycles. The molecule has 7 heteroatoms. The molecule has 1 aliphatic carbocycles. The fourth-order valence-corrected chi connectivity index (χ4v) is 3.14. The highest BCUT2D eigenvalue weighted by molar-refractivity contribution is 9.11. The lowest BCUT2D eigenvalue weighted by atomic mass is 10.2. The van der Waals surface area contributed by atoms with Crippen LogP contribution >= 0.6 is 31.9 Å². The number of carbonyl (C=O) groups is 1. The van der Waals surface area contributed by atoms with Crippen molar-refractivity contribution in [2.45, 2.75) is 18.8 Å². The molecule has 0 atom stereocenters. The third-order valence-corrected chi connectivity index (χ3v) is 4.36. The van der Waals surface area contributed by atoms with Crippen LogP contribution in [0.3, 0.4) is 0 Å². The number of hydrogen-bond donors (Lipinski definition) is 3. The first-order chi connectivity index (χ1) is 9.56. The van der Waals surface area contributed by atoms with Crippen molar-refractivity contribution in [3.05, 3.63) is 38.5 Å². The molecule has 1 aromatic carbocycles. The molecule has 104 valence electrons. The standard InChI is InChI=1S/C13H12Br2N4O/c14-7-3-4-9(8(15)5-7)17-13(20)12-10(16)11(18-19-12)6-1-2-6/h3-6H,1-2,16H2,(H,17,20)(H,18,19). The summed E-state index contributed by atoms with van der Waals surface area (Å²) in [5.41, 5.74) is 8.25. The molecule has 0 aliphatic heterocycles. The van der Waals surface area contributed by atoms with E-state index in [-0.39, 0.29) is 11.6 Å². The SMILES string of the molecule is Nc1c(C(=O)Nc2ccc(Br)cc2Br)n[nH]c1C1CC1. The Balaban J connectivity index is 1.82. The van der Waals surface area contributed by atoms with Crippen molar-refractivity contribution in [2.75, 3.05) is 11.1 Å². The van der Waals surface area contributed by atoms with E-state index in [0.29, 0.717) is 17.3 Å². The van der Waals surface area contributed by atoms with Crippen LogP contribution in [0.15, 0.2) is 27.1 Å². The van der Waals surface area contributed by atoms with Crippen LogP contribution in [0.25, 0.3) is 0 Å². The molecular formula is C13H12Br2N4O. The Labute approximate surface area is 132 Å². The van der Waals surface area contributed by atoms with Crippen LogP contribution < -0.4 is 11.1 Å². The lowest BCUT2D eigenvalue weighted by Crippen LogP contribution is -2.14. The number of rotatable bonds is 3. The quantitative estimate of drug-likeness (QED) is 0.736. The van der Waals surface area contributed by atoms with Gasteiger partial charge >= 0.3 is 0 Å². The van der Waals surface area contributed by atoms with E-state index in [4.69, 9.17) is 5.73 Å². The molecule has 1 amide bonds. The molecule has 5 nitrogen and oxygen atoms in total. The minimum atomic E-state index is -0.311. The number of anilines is 2. The van der Waals surface area contributed by atoms with Gasteiger partial charge in [0.15, 0.2) is 5.69 Å². The number of hydrogen-bond acceptors (Lipinski definition) is 3. The highest BCUT2D eigenvalue weighted by Crippen LogP contribution is 2.42. The van der Waals surface area contributed by atoms with Crippen molar-refractivity contribution < 1.29 is 4.79 Å². The molecule has 3 rings (SSSR count). The number of nitrogen functional groups attached to an aromatic ring is 1. The van der Waals surface area contributed by atoms with Gasteiger partial charge in [-0.25, -0.2) is 0 Å². The number of halogens is 2. The number of H-pyrrole nitrogens is 1. The second kappa shape index (κ2) is 5.21.